The van der Waals surface area contributed by atoms with Crippen molar-refractivity contribution >= 4 is 27.8 Å². The van der Waals surface area contributed by atoms with Gasteiger partial charge in [0.05, 0.1) is 24.3 Å². The third-order valence-electron chi connectivity index (χ3n) is 2.06. The van der Waals surface area contributed by atoms with Gasteiger partial charge in [0.25, 0.3) is 0 Å². The van der Waals surface area contributed by atoms with Crippen LogP contribution in [-0.2, 0) is 30.0 Å². The van der Waals surface area contributed by atoms with Crippen LogP contribution in [0.3, 0.4) is 0 Å². The van der Waals surface area contributed by atoms with Gasteiger partial charge in [-0.25, -0.2) is 0 Å². The summed E-state index contributed by atoms with van der Waals surface area (Å²) in [6, 6.07) is 3.14. The summed E-state index contributed by atoms with van der Waals surface area (Å²) < 4.78 is 5.08. The third kappa shape index (κ3) is 6.11. The molecule has 0 spiro atoms. The van der Waals surface area contributed by atoms with Crippen molar-refractivity contribution in [3.8, 4) is 6.07 Å². The van der Waals surface area contributed by atoms with Crippen LogP contribution in [0.1, 0.15) is 28.9 Å². The minimum absolute atomic E-state index is 0. The first-order chi connectivity index (χ1) is 8.51. The molecule has 1 radical (unpaired) electrons. The molecule has 0 saturated carbocycles. The topological polar surface area (TPSA) is 104 Å². The van der Waals surface area contributed by atoms with E-state index in [1.807, 2.05) is 0 Å². The Kier molecular flexibility index (Phi) is 12.7. The summed E-state index contributed by atoms with van der Waals surface area (Å²) in [4.78, 5) is 26.2. The van der Waals surface area contributed by atoms with Gasteiger partial charge in [-0.3, -0.25) is 9.78 Å². The number of rotatable bonds is 4. The summed E-state index contributed by atoms with van der Waals surface area (Å²) in [5.74, 6) is -2.74. The number of aromatic nitrogens is 1. The van der Waals surface area contributed by atoms with Crippen molar-refractivity contribution in [3.05, 3.63) is 33.7 Å². The number of nitriles is 1. The fraction of sp³-hybridized carbons (Fsp3) is 0.273. The van der Waals surface area contributed by atoms with Crippen LogP contribution in [0, 0.1) is 11.3 Å². The Morgan fingerprint density at radius 3 is 2.60 bits per heavy atom. The van der Waals surface area contributed by atoms with E-state index < -0.39 is 17.8 Å². The predicted octanol–water partition coefficient (Wildman–Crippen LogP) is -0.792. The van der Waals surface area contributed by atoms with Crippen molar-refractivity contribution in [2.45, 2.75) is 12.8 Å². The Morgan fingerprint density at radius 1 is 1.60 bits per heavy atom. The van der Waals surface area contributed by atoms with Crippen LogP contribution < -0.4 is 58.2 Å². The molecule has 1 rings (SSSR count). The number of carbonyl (C=O) groups excluding carboxylic acids is 2. The molecule has 0 aromatic carbocycles. The van der Waals surface area contributed by atoms with E-state index >= 15 is 0 Å². The van der Waals surface area contributed by atoms with E-state index in [2.05, 4.69) is 20.9 Å². The molecule has 1 amide bonds. The monoisotopic (exact) mass is 582 g/mol. The van der Waals surface area contributed by atoms with Crippen molar-refractivity contribution in [2.75, 3.05) is 6.61 Å². The normalized spacial score (nSPS) is 10.2. The summed E-state index contributed by atoms with van der Waals surface area (Å²) in [6.45, 7) is 1.80. The molecule has 9 heteroatoms. The number of pyridine rings is 1. The molecule has 1 atom stereocenters. The summed E-state index contributed by atoms with van der Waals surface area (Å²) in [5, 5.41) is 8.96. The van der Waals surface area contributed by atoms with Crippen LogP contribution >= 0.6 is 15.9 Å². The van der Waals surface area contributed by atoms with E-state index in [1.54, 1.807) is 13.0 Å². The molecule has 0 aliphatic heterocycles. The summed E-state index contributed by atoms with van der Waals surface area (Å²) in [6.07, 6.45) is 1.15. The molecule has 101 valence electrons. The molecule has 1 aromatic heterocycles. The third-order valence-corrected chi connectivity index (χ3v) is 2.69. The SMILES string of the molecule is CCOC(=O)C(C#N)c1ncc(C([NH-])=O)cc1Br.[Rb+].[Re]. The zero-order valence-electron chi connectivity index (χ0n) is 10.8. The van der Waals surface area contributed by atoms with Crippen molar-refractivity contribution < 1.29 is 92.9 Å². The van der Waals surface area contributed by atoms with E-state index in [1.165, 1.54) is 6.07 Å². The fourth-order valence-electron chi connectivity index (χ4n) is 1.24. The second kappa shape index (κ2) is 11.1. The number of esters is 1. The first kappa shape index (κ1) is 22.8. The van der Waals surface area contributed by atoms with Gasteiger partial charge in [-0.15, -0.1) is 0 Å². The summed E-state index contributed by atoms with van der Waals surface area (Å²) >= 11 is 3.12. The Hall–Kier alpha value is 0.528. The maximum Gasteiger partial charge on any atom is 1.00 e. The van der Waals surface area contributed by atoms with Crippen molar-refractivity contribution in [2.24, 2.45) is 0 Å². The molecule has 1 unspecified atom stereocenters. The second-order valence-electron chi connectivity index (χ2n) is 3.23. The number of ether oxygens (including phenoxy) is 1. The van der Waals surface area contributed by atoms with E-state index in [-0.39, 0.29) is 96.5 Å². The van der Waals surface area contributed by atoms with Crippen LogP contribution in [0.25, 0.3) is 5.73 Å². The van der Waals surface area contributed by atoms with Gasteiger partial charge >= 0.3 is 64.2 Å². The van der Waals surface area contributed by atoms with Crippen molar-refractivity contribution in [1.82, 2.24) is 4.98 Å². The molecule has 1 N–H and O–H groups in total. The number of hydrogen-bond acceptors (Lipinski definition) is 5. The molecule has 6 nitrogen and oxygen atoms in total. The molecule has 0 aliphatic carbocycles. The first-order valence-corrected chi connectivity index (χ1v) is 5.78. The number of carbonyl (C=O) groups is 2. The fourth-order valence-corrected chi connectivity index (χ4v) is 1.81. The molecule has 0 saturated heterocycles. The van der Waals surface area contributed by atoms with E-state index in [9.17, 15) is 9.59 Å². The number of amides is 1. The average molecular weight is 583 g/mol. The molecule has 1 heterocycles. The Morgan fingerprint density at radius 2 is 2.20 bits per heavy atom. The minimum Gasteiger partial charge on any atom is -0.664 e. The van der Waals surface area contributed by atoms with Crippen molar-refractivity contribution in [3.63, 3.8) is 0 Å². The Bertz CT molecular complexity index is 536. The van der Waals surface area contributed by atoms with Gasteiger partial charge in [0.1, 0.15) is 0 Å². The van der Waals surface area contributed by atoms with Gasteiger partial charge in [-0.1, -0.05) is 0 Å². The molecular formula is C11H9BrN3O3RbRe. The molecule has 0 aliphatic rings. The standard InChI is InChI=1S/C11H10BrN3O3.Rb.Re/c1-2-18-11(17)7(4-13)9-8(12)3-6(5-15-9)10(14)16;;/h3,5,7H,2H2,1H3,(H2,14,16);;/q;+1;/p-1. The molecule has 20 heavy (non-hydrogen) atoms. The van der Waals surface area contributed by atoms with Gasteiger partial charge in [0.2, 0.25) is 0 Å². The van der Waals surface area contributed by atoms with E-state index in [0.717, 1.165) is 6.20 Å². The largest absolute Gasteiger partial charge is 1.00 e. The van der Waals surface area contributed by atoms with Crippen LogP contribution in [0.15, 0.2) is 16.7 Å². The summed E-state index contributed by atoms with van der Waals surface area (Å²) in [5.41, 5.74) is 7.17. The molecule has 0 bridgehead atoms. The van der Waals surface area contributed by atoms with Gasteiger partial charge in [0, 0.05) is 36.7 Å². The number of hydrogen-bond donors (Lipinski definition) is 0. The maximum atomic E-state index is 11.5. The van der Waals surface area contributed by atoms with Crippen molar-refractivity contribution in [1.29, 1.82) is 5.26 Å². The second-order valence-corrected chi connectivity index (χ2v) is 4.09. The predicted molar refractivity (Wildman–Crippen MR) is 65.6 cm³/mol. The van der Waals surface area contributed by atoms with E-state index in [0.29, 0.717) is 4.47 Å². The minimum atomic E-state index is -1.16. The van der Waals surface area contributed by atoms with Crippen LogP contribution in [-0.4, -0.2) is 23.5 Å². The van der Waals surface area contributed by atoms with Crippen LogP contribution in [0.2, 0.25) is 0 Å². The quantitative estimate of drug-likeness (QED) is 0.433. The molecule has 0 fully saturated rings. The van der Waals surface area contributed by atoms with Crippen LogP contribution in [0.4, 0.5) is 0 Å². The zero-order chi connectivity index (χ0) is 13.7. The first-order valence-electron chi connectivity index (χ1n) is 4.98. The zero-order valence-corrected chi connectivity index (χ0v) is 20.0. The molecular weight excluding hydrogens is 574 g/mol. The number of nitrogens with one attached hydrogen (secondary N) is 1. The number of nitrogens with zero attached hydrogens (tertiary/aromatic N) is 2. The maximum absolute atomic E-state index is 11.5. The summed E-state index contributed by atoms with van der Waals surface area (Å²) in [7, 11) is 0. The smallest absolute Gasteiger partial charge is 0.664 e. The number of halogens is 1. The van der Waals surface area contributed by atoms with Gasteiger partial charge in [-0.05, 0) is 28.9 Å². The van der Waals surface area contributed by atoms with Gasteiger partial charge < -0.3 is 15.3 Å². The Labute approximate surface area is 187 Å². The van der Waals surface area contributed by atoms with Gasteiger partial charge in [-0.2, -0.15) is 5.26 Å². The van der Waals surface area contributed by atoms with Crippen LogP contribution in [0.5, 0.6) is 0 Å². The van der Waals surface area contributed by atoms with Gasteiger partial charge in [0.15, 0.2) is 5.92 Å². The van der Waals surface area contributed by atoms with E-state index in [4.69, 9.17) is 15.7 Å². The molecule has 1 aromatic rings. The average Bonchev–Trinajstić information content (AvgIpc) is 2.32. The Balaban J connectivity index is 0.